The number of benzene rings is 1. The number of hydrogen-bond acceptors (Lipinski definition) is 4. The summed E-state index contributed by atoms with van der Waals surface area (Å²) in [5.74, 6) is -1.12. The average molecular weight is 326 g/mol. The maximum atomic E-state index is 14.3. The molecule has 0 saturated heterocycles. The van der Waals surface area contributed by atoms with Crippen molar-refractivity contribution >= 4 is 34.0 Å². The standard InChI is InChI=1S/C14H13ClFN3OS/c1-6-12(19-14(17)21-6)7-4-9(15)11(10(16)5-7)13(20)18-8-2-3-8/h4-5,8H,2-3H2,1H3,(H2,17,19)(H,18,20). The van der Waals surface area contributed by atoms with Crippen molar-refractivity contribution in [3.63, 3.8) is 0 Å². The molecule has 0 bridgehead atoms. The fourth-order valence-electron chi connectivity index (χ4n) is 2.10. The zero-order chi connectivity index (χ0) is 15.1. The second-order valence-electron chi connectivity index (χ2n) is 5.02. The molecule has 1 fully saturated rings. The van der Waals surface area contributed by atoms with Gasteiger partial charge in [-0.3, -0.25) is 4.79 Å². The molecule has 1 aliphatic carbocycles. The van der Waals surface area contributed by atoms with Crippen LogP contribution >= 0.6 is 22.9 Å². The van der Waals surface area contributed by atoms with E-state index in [1.165, 1.54) is 17.4 Å². The number of carbonyl (C=O) groups is 1. The number of anilines is 1. The number of nitrogens with zero attached hydrogens (tertiary/aromatic N) is 1. The molecule has 0 spiro atoms. The fourth-order valence-corrected chi connectivity index (χ4v) is 3.10. The van der Waals surface area contributed by atoms with E-state index in [-0.39, 0.29) is 16.6 Å². The number of halogens is 2. The number of aryl methyl sites for hydroxylation is 1. The van der Waals surface area contributed by atoms with Crippen LogP contribution in [0.25, 0.3) is 11.3 Å². The van der Waals surface area contributed by atoms with Crippen LogP contribution < -0.4 is 11.1 Å². The zero-order valence-corrected chi connectivity index (χ0v) is 12.8. The van der Waals surface area contributed by atoms with Gasteiger partial charge in [0.05, 0.1) is 16.3 Å². The van der Waals surface area contributed by atoms with Crippen molar-refractivity contribution in [1.82, 2.24) is 10.3 Å². The molecule has 110 valence electrons. The summed E-state index contributed by atoms with van der Waals surface area (Å²) in [5.41, 5.74) is 6.64. The number of rotatable bonds is 3. The van der Waals surface area contributed by atoms with Gasteiger partial charge in [0.2, 0.25) is 0 Å². The quantitative estimate of drug-likeness (QED) is 0.909. The number of hydrogen-bond donors (Lipinski definition) is 2. The molecule has 0 aliphatic heterocycles. The first-order chi connectivity index (χ1) is 9.95. The molecule has 21 heavy (non-hydrogen) atoms. The molecule has 2 aromatic rings. The van der Waals surface area contributed by atoms with Crippen LogP contribution in [-0.4, -0.2) is 16.9 Å². The molecule has 4 nitrogen and oxygen atoms in total. The highest BCUT2D eigenvalue weighted by Gasteiger charge is 2.27. The Balaban J connectivity index is 1.99. The Labute approximate surface area is 130 Å². The van der Waals surface area contributed by atoms with E-state index in [2.05, 4.69) is 10.3 Å². The van der Waals surface area contributed by atoms with Crippen molar-refractivity contribution in [2.24, 2.45) is 0 Å². The summed E-state index contributed by atoms with van der Waals surface area (Å²) < 4.78 is 14.3. The minimum absolute atomic E-state index is 0.0779. The Hall–Kier alpha value is -1.66. The van der Waals surface area contributed by atoms with Gasteiger partial charge in [-0.25, -0.2) is 9.37 Å². The summed E-state index contributed by atoms with van der Waals surface area (Å²) in [7, 11) is 0. The van der Waals surface area contributed by atoms with Crippen molar-refractivity contribution < 1.29 is 9.18 Å². The average Bonchev–Trinajstić information content (AvgIpc) is 3.12. The van der Waals surface area contributed by atoms with E-state index in [0.717, 1.165) is 17.7 Å². The van der Waals surface area contributed by atoms with E-state index < -0.39 is 11.7 Å². The van der Waals surface area contributed by atoms with Crippen LogP contribution in [0.2, 0.25) is 5.02 Å². The molecule has 1 aromatic heterocycles. The Bertz CT molecular complexity index is 704. The summed E-state index contributed by atoms with van der Waals surface area (Å²) in [4.78, 5) is 17.0. The van der Waals surface area contributed by atoms with Gasteiger partial charge in [-0.2, -0.15) is 0 Å². The van der Waals surface area contributed by atoms with E-state index in [0.29, 0.717) is 16.4 Å². The summed E-state index contributed by atoms with van der Waals surface area (Å²) in [6.45, 7) is 1.85. The van der Waals surface area contributed by atoms with Crippen molar-refractivity contribution in [2.45, 2.75) is 25.8 Å². The topological polar surface area (TPSA) is 68.0 Å². The van der Waals surface area contributed by atoms with Crippen LogP contribution in [0.5, 0.6) is 0 Å². The molecule has 3 N–H and O–H groups in total. The van der Waals surface area contributed by atoms with Crippen LogP contribution in [0.15, 0.2) is 12.1 Å². The number of thiazole rings is 1. The predicted molar refractivity (Wildman–Crippen MR) is 82.2 cm³/mol. The monoisotopic (exact) mass is 325 g/mol. The molecule has 0 radical (unpaired) electrons. The highest BCUT2D eigenvalue weighted by molar-refractivity contribution is 7.15. The van der Waals surface area contributed by atoms with Gasteiger partial charge >= 0.3 is 0 Å². The summed E-state index contributed by atoms with van der Waals surface area (Å²) in [5, 5.41) is 3.22. The normalized spacial score (nSPS) is 14.2. The Morgan fingerprint density at radius 1 is 1.52 bits per heavy atom. The maximum Gasteiger partial charge on any atom is 0.255 e. The van der Waals surface area contributed by atoms with Gasteiger partial charge in [0.15, 0.2) is 5.13 Å². The number of carbonyl (C=O) groups excluding carboxylic acids is 1. The lowest BCUT2D eigenvalue weighted by atomic mass is 10.1. The molecule has 1 aromatic carbocycles. The molecule has 7 heteroatoms. The third-order valence-corrected chi connectivity index (χ3v) is 4.37. The first-order valence-electron chi connectivity index (χ1n) is 6.49. The number of nitrogens with one attached hydrogen (secondary N) is 1. The van der Waals surface area contributed by atoms with Gasteiger partial charge in [-0.05, 0) is 31.9 Å². The zero-order valence-electron chi connectivity index (χ0n) is 11.2. The number of nitrogen functional groups attached to an aromatic ring is 1. The lowest BCUT2D eigenvalue weighted by Gasteiger charge is -2.09. The number of amides is 1. The van der Waals surface area contributed by atoms with Gasteiger partial charge in [0.25, 0.3) is 5.91 Å². The second kappa shape index (κ2) is 5.27. The highest BCUT2D eigenvalue weighted by Crippen LogP contribution is 2.33. The van der Waals surface area contributed by atoms with Crippen molar-refractivity contribution in [3.8, 4) is 11.3 Å². The Morgan fingerprint density at radius 2 is 2.24 bits per heavy atom. The van der Waals surface area contributed by atoms with E-state index in [1.807, 2.05) is 6.92 Å². The summed E-state index contributed by atoms with van der Waals surface area (Å²) in [6.07, 6.45) is 1.86. The third kappa shape index (κ3) is 2.87. The summed E-state index contributed by atoms with van der Waals surface area (Å²) >= 11 is 7.41. The Kier molecular flexibility index (Phi) is 3.59. The molecular formula is C14H13ClFN3OS. The predicted octanol–water partition coefficient (Wildman–Crippen LogP) is 3.39. The SMILES string of the molecule is Cc1sc(N)nc1-c1cc(F)c(C(=O)NC2CC2)c(Cl)c1. The molecule has 0 unspecified atom stereocenters. The largest absolute Gasteiger partial charge is 0.375 e. The number of aromatic nitrogens is 1. The Morgan fingerprint density at radius 3 is 2.76 bits per heavy atom. The van der Waals surface area contributed by atoms with Crippen molar-refractivity contribution in [2.75, 3.05) is 5.73 Å². The summed E-state index contributed by atoms with van der Waals surface area (Å²) in [6, 6.07) is 2.97. The van der Waals surface area contributed by atoms with E-state index in [9.17, 15) is 9.18 Å². The maximum absolute atomic E-state index is 14.3. The molecule has 3 rings (SSSR count). The smallest absolute Gasteiger partial charge is 0.255 e. The second-order valence-corrected chi connectivity index (χ2v) is 6.66. The molecule has 1 heterocycles. The fraction of sp³-hybridized carbons (Fsp3) is 0.286. The first kappa shape index (κ1) is 14.3. The van der Waals surface area contributed by atoms with E-state index in [4.69, 9.17) is 17.3 Å². The molecule has 1 saturated carbocycles. The van der Waals surface area contributed by atoms with Crippen LogP contribution in [-0.2, 0) is 0 Å². The molecule has 1 aliphatic rings. The third-order valence-electron chi connectivity index (χ3n) is 3.27. The van der Waals surface area contributed by atoms with Crippen molar-refractivity contribution in [1.29, 1.82) is 0 Å². The van der Waals surface area contributed by atoms with Gasteiger partial charge < -0.3 is 11.1 Å². The minimum atomic E-state index is -0.651. The van der Waals surface area contributed by atoms with Crippen LogP contribution in [0.3, 0.4) is 0 Å². The van der Waals surface area contributed by atoms with Crippen molar-refractivity contribution in [3.05, 3.63) is 33.4 Å². The van der Waals surface area contributed by atoms with Gasteiger partial charge in [0.1, 0.15) is 5.82 Å². The van der Waals surface area contributed by atoms with Gasteiger partial charge in [-0.1, -0.05) is 11.6 Å². The lowest BCUT2D eigenvalue weighted by molar-refractivity contribution is 0.0947. The van der Waals surface area contributed by atoms with Crippen LogP contribution in [0.1, 0.15) is 28.1 Å². The molecule has 1 amide bonds. The van der Waals surface area contributed by atoms with Gasteiger partial charge in [0, 0.05) is 16.5 Å². The number of nitrogens with two attached hydrogens (primary N) is 1. The minimum Gasteiger partial charge on any atom is -0.375 e. The van der Waals surface area contributed by atoms with E-state index in [1.54, 1.807) is 6.07 Å². The first-order valence-corrected chi connectivity index (χ1v) is 7.68. The van der Waals surface area contributed by atoms with Gasteiger partial charge in [-0.15, -0.1) is 11.3 Å². The lowest BCUT2D eigenvalue weighted by Crippen LogP contribution is -2.26. The molecular weight excluding hydrogens is 313 g/mol. The highest BCUT2D eigenvalue weighted by atomic mass is 35.5. The molecule has 0 atom stereocenters. The van der Waals surface area contributed by atoms with Crippen LogP contribution in [0.4, 0.5) is 9.52 Å². The van der Waals surface area contributed by atoms with Crippen LogP contribution in [0, 0.1) is 12.7 Å². The van der Waals surface area contributed by atoms with E-state index >= 15 is 0 Å².